The molecule has 2 atom stereocenters. The van der Waals surface area contributed by atoms with Crippen molar-refractivity contribution in [3.05, 3.63) is 54.4 Å². The summed E-state index contributed by atoms with van der Waals surface area (Å²) < 4.78 is 5.14. The zero-order chi connectivity index (χ0) is 20.9. The SMILES string of the molecule is COc1ccc(NC(=O)C2CCN(C(=O)C3CC(c4cccnc4)NN3)CC2)cc1. The molecule has 0 bridgehead atoms. The molecule has 2 unspecified atom stereocenters. The van der Waals surface area contributed by atoms with E-state index in [0.717, 1.165) is 17.0 Å². The lowest BCUT2D eigenvalue weighted by molar-refractivity contribution is -0.136. The number of hydrogen-bond acceptors (Lipinski definition) is 6. The summed E-state index contributed by atoms with van der Waals surface area (Å²) >= 11 is 0. The maximum Gasteiger partial charge on any atom is 0.241 e. The Labute approximate surface area is 176 Å². The van der Waals surface area contributed by atoms with Crippen molar-refractivity contribution in [3.63, 3.8) is 0 Å². The maximum absolute atomic E-state index is 12.9. The van der Waals surface area contributed by atoms with Gasteiger partial charge in [-0.25, -0.2) is 10.9 Å². The van der Waals surface area contributed by atoms with Crippen molar-refractivity contribution in [2.45, 2.75) is 31.3 Å². The number of carbonyl (C=O) groups excluding carboxylic acids is 2. The number of methoxy groups -OCH3 is 1. The maximum atomic E-state index is 12.9. The number of amides is 2. The van der Waals surface area contributed by atoms with Gasteiger partial charge < -0.3 is 15.0 Å². The number of pyridine rings is 1. The molecule has 30 heavy (non-hydrogen) atoms. The van der Waals surface area contributed by atoms with Crippen LogP contribution >= 0.6 is 0 Å². The van der Waals surface area contributed by atoms with Crippen LogP contribution in [0.4, 0.5) is 5.69 Å². The van der Waals surface area contributed by atoms with E-state index in [1.165, 1.54) is 0 Å². The Balaban J connectivity index is 1.25. The molecule has 1 aromatic carbocycles. The predicted molar refractivity (Wildman–Crippen MR) is 113 cm³/mol. The lowest BCUT2D eigenvalue weighted by Gasteiger charge is -2.32. The number of nitrogens with one attached hydrogen (secondary N) is 3. The quantitative estimate of drug-likeness (QED) is 0.698. The lowest BCUT2D eigenvalue weighted by atomic mass is 9.94. The van der Waals surface area contributed by atoms with Gasteiger partial charge in [-0.2, -0.15) is 0 Å². The fourth-order valence-electron chi connectivity index (χ4n) is 4.02. The van der Waals surface area contributed by atoms with Crippen molar-refractivity contribution in [1.29, 1.82) is 0 Å². The average molecular weight is 409 g/mol. The van der Waals surface area contributed by atoms with Gasteiger partial charge in [0.2, 0.25) is 11.8 Å². The second-order valence-corrected chi connectivity index (χ2v) is 7.73. The largest absolute Gasteiger partial charge is 0.497 e. The third-order valence-electron chi connectivity index (χ3n) is 5.82. The molecular formula is C22H27N5O3. The van der Waals surface area contributed by atoms with Gasteiger partial charge in [-0.3, -0.25) is 14.6 Å². The van der Waals surface area contributed by atoms with Crippen LogP contribution in [0, 0.1) is 5.92 Å². The number of benzene rings is 1. The zero-order valence-electron chi connectivity index (χ0n) is 17.0. The first kappa shape index (κ1) is 20.3. The predicted octanol–water partition coefficient (Wildman–Crippen LogP) is 1.88. The van der Waals surface area contributed by atoms with E-state index in [1.807, 2.05) is 47.5 Å². The summed E-state index contributed by atoms with van der Waals surface area (Å²) in [6, 6.07) is 11.0. The van der Waals surface area contributed by atoms with Crippen LogP contribution in [0.15, 0.2) is 48.8 Å². The van der Waals surface area contributed by atoms with Crippen molar-refractivity contribution in [3.8, 4) is 5.75 Å². The van der Waals surface area contributed by atoms with Crippen LogP contribution in [0.2, 0.25) is 0 Å². The minimum atomic E-state index is -0.264. The monoisotopic (exact) mass is 409 g/mol. The van der Waals surface area contributed by atoms with Gasteiger partial charge in [0.15, 0.2) is 0 Å². The second kappa shape index (κ2) is 9.23. The number of aromatic nitrogens is 1. The van der Waals surface area contributed by atoms with Crippen molar-refractivity contribution in [2.75, 3.05) is 25.5 Å². The number of anilines is 1. The Bertz CT molecular complexity index is 866. The summed E-state index contributed by atoms with van der Waals surface area (Å²) in [5, 5.41) is 2.96. The van der Waals surface area contributed by atoms with Gasteiger partial charge in [0, 0.05) is 43.1 Å². The van der Waals surface area contributed by atoms with Gasteiger partial charge >= 0.3 is 0 Å². The van der Waals surface area contributed by atoms with E-state index in [9.17, 15) is 9.59 Å². The third kappa shape index (κ3) is 4.60. The van der Waals surface area contributed by atoms with Crippen LogP contribution in [0.25, 0.3) is 0 Å². The molecule has 1 aromatic heterocycles. The lowest BCUT2D eigenvalue weighted by Crippen LogP contribution is -2.49. The highest BCUT2D eigenvalue weighted by Gasteiger charge is 2.35. The average Bonchev–Trinajstić information content (AvgIpc) is 3.30. The van der Waals surface area contributed by atoms with Gasteiger partial charge in [0.1, 0.15) is 11.8 Å². The van der Waals surface area contributed by atoms with E-state index in [4.69, 9.17) is 4.74 Å². The molecule has 0 radical (unpaired) electrons. The fraction of sp³-hybridized carbons (Fsp3) is 0.409. The molecule has 0 saturated carbocycles. The Morgan fingerprint density at radius 2 is 1.90 bits per heavy atom. The van der Waals surface area contributed by atoms with Crippen LogP contribution in [-0.2, 0) is 9.59 Å². The summed E-state index contributed by atoms with van der Waals surface area (Å²) in [5.74, 6) is 0.752. The molecule has 8 nitrogen and oxygen atoms in total. The van der Waals surface area contributed by atoms with Crippen molar-refractivity contribution < 1.29 is 14.3 Å². The van der Waals surface area contributed by atoms with Crippen LogP contribution in [-0.4, -0.2) is 47.9 Å². The van der Waals surface area contributed by atoms with Gasteiger partial charge in [0.25, 0.3) is 0 Å². The minimum Gasteiger partial charge on any atom is -0.497 e. The molecule has 8 heteroatoms. The normalized spacial score (nSPS) is 22.0. The number of ether oxygens (including phenoxy) is 1. The minimum absolute atomic E-state index is 0.00423. The van der Waals surface area contributed by atoms with E-state index in [2.05, 4.69) is 21.2 Å². The molecule has 0 aliphatic carbocycles. The van der Waals surface area contributed by atoms with Crippen molar-refractivity contribution in [1.82, 2.24) is 20.7 Å². The van der Waals surface area contributed by atoms with E-state index in [1.54, 1.807) is 13.3 Å². The third-order valence-corrected chi connectivity index (χ3v) is 5.82. The van der Waals surface area contributed by atoms with E-state index in [-0.39, 0.29) is 29.8 Å². The van der Waals surface area contributed by atoms with Crippen molar-refractivity contribution in [2.24, 2.45) is 5.92 Å². The van der Waals surface area contributed by atoms with E-state index < -0.39 is 0 Å². The Morgan fingerprint density at radius 3 is 2.57 bits per heavy atom. The zero-order valence-corrected chi connectivity index (χ0v) is 17.0. The molecule has 2 amide bonds. The number of likely N-dealkylation sites (tertiary alicyclic amines) is 1. The highest BCUT2D eigenvalue weighted by Crippen LogP contribution is 2.25. The highest BCUT2D eigenvalue weighted by molar-refractivity contribution is 5.93. The van der Waals surface area contributed by atoms with Gasteiger partial charge in [-0.05, 0) is 55.2 Å². The molecule has 0 spiro atoms. The molecule has 2 aromatic rings. The summed E-state index contributed by atoms with van der Waals surface area (Å²) in [5.41, 5.74) is 8.13. The number of piperidine rings is 1. The fourth-order valence-corrected chi connectivity index (χ4v) is 4.02. The summed E-state index contributed by atoms with van der Waals surface area (Å²) in [6.07, 6.45) is 5.57. The standard InChI is InChI=1S/C22H27N5O3/c1-30-18-6-4-17(5-7-18)24-21(28)15-8-11-27(12-9-15)22(29)20-13-19(25-26-20)16-3-2-10-23-14-16/h2-7,10,14-15,19-20,25-26H,8-9,11-13H2,1H3,(H,24,28). The van der Waals surface area contributed by atoms with E-state index in [0.29, 0.717) is 32.4 Å². The molecule has 2 aliphatic heterocycles. The molecule has 3 heterocycles. The Morgan fingerprint density at radius 1 is 1.13 bits per heavy atom. The van der Waals surface area contributed by atoms with Crippen LogP contribution in [0.3, 0.4) is 0 Å². The number of hydrogen-bond donors (Lipinski definition) is 3. The Hall–Kier alpha value is -2.97. The van der Waals surface area contributed by atoms with Crippen LogP contribution in [0.1, 0.15) is 30.9 Å². The van der Waals surface area contributed by atoms with Crippen molar-refractivity contribution >= 4 is 17.5 Å². The summed E-state index contributed by atoms with van der Waals surface area (Å²) in [4.78, 5) is 31.5. The molecule has 2 fully saturated rings. The summed E-state index contributed by atoms with van der Waals surface area (Å²) in [7, 11) is 1.61. The first-order valence-corrected chi connectivity index (χ1v) is 10.3. The molecule has 4 rings (SSSR count). The second-order valence-electron chi connectivity index (χ2n) is 7.73. The highest BCUT2D eigenvalue weighted by atomic mass is 16.5. The van der Waals surface area contributed by atoms with Crippen LogP contribution < -0.4 is 20.9 Å². The van der Waals surface area contributed by atoms with Gasteiger partial charge in [0.05, 0.1) is 7.11 Å². The summed E-state index contributed by atoms with van der Waals surface area (Å²) in [6.45, 7) is 1.19. The number of rotatable bonds is 5. The van der Waals surface area contributed by atoms with E-state index >= 15 is 0 Å². The van der Waals surface area contributed by atoms with Crippen LogP contribution in [0.5, 0.6) is 5.75 Å². The molecule has 2 saturated heterocycles. The smallest absolute Gasteiger partial charge is 0.241 e. The Kier molecular flexibility index (Phi) is 6.25. The molecular weight excluding hydrogens is 382 g/mol. The molecule has 3 N–H and O–H groups in total. The van der Waals surface area contributed by atoms with Gasteiger partial charge in [-0.1, -0.05) is 6.07 Å². The first-order valence-electron chi connectivity index (χ1n) is 10.3. The molecule has 158 valence electrons. The molecule has 2 aliphatic rings. The first-order chi connectivity index (χ1) is 14.6. The number of carbonyl (C=O) groups is 2. The topological polar surface area (TPSA) is 95.6 Å². The van der Waals surface area contributed by atoms with Gasteiger partial charge in [-0.15, -0.1) is 0 Å². The number of hydrazine groups is 1. The number of nitrogens with zero attached hydrogens (tertiary/aromatic N) is 2.